The van der Waals surface area contributed by atoms with Gasteiger partial charge >= 0.3 is 0 Å². The number of epoxide rings is 1. The third-order valence-electron chi connectivity index (χ3n) is 2.45. The summed E-state index contributed by atoms with van der Waals surface area (Å²) in [6, 6.07) is 8.54. The van der Waals surface area contributed by atoms with Gasteiger partial charge in [0.2, 0.25) is 0 Å². The standard InChI is InChI=1S/C11H15NO/c1-8-11(13-8)9-4-6-10(7-5-9)12(2)3/h4-8,11H,1-3H3. The highest BCUT2D eigenvalue weighted by molar-refractivity contribution is 5.46. The molecule has 0 amide bonds. The van der Waals surface area contributed by atoms with Crippen LogP contribution in [-0.4, -0.2) is 20.2 Å². The Kier molecular flexibility index (Phi) is 2.00. The van der Waals surface area contributed by atoms with Gasteiger partial charge in [-0.1, -0.05) is 12.1 Å². The maximum atomic E-state index is 5.39. The molecule has 0 spiro atoms. The van der Waals surface area contributed by atoms with Crippen LogP contribution in [0.5, 0.6) is 0 Å². The molecule has 1 aliphatic rings. The van der Waals surface area contributed by atoms with Crippen LogP contribution in [0.25, 0.3) is 0 Å². The molecule has 2 rings (SSSR count). The van der Waals surface area contributed by atoms with E-state index in [1.807, 2.05) is 14.1 Å². The van der Waals surface area contributed by atoms with E-state index in [0.29, 0.717) is 12.2 Å². The Morgan fingerprint density at radius 2 is 1.69 bits per heavy atom. The van der Waals surface area contributed by atoms with Crippen molar-refractivity contribution in [2.75, 3.05) is 19.0 Å². The first-order valence-electron chi connectivity index (χ1n) is 4.61. The van der Waals surface area contributed by atoms with E-state index >= 15 is 0 Å². The fourth-order valence-electron chi connectivity index (χ4n) is 1.50. The molecule has 2 atom stereocenters. The minimum atomic E-state index is 0.344. The van der Waals surface area contributed by atoms with E-state index in [1.54, 1.807) is 0 Å². The fourth-order valence-corrected chi connectivity index (χ4v) is 1.50. The zero-order chi connectivity index (χ0) is 9.42. The summed E-state index contributed by atoms with van der Waals surface area (Å²) in [5.74, 6) is 0. The maximum Gasteiger partial charge on any atom is 0.109 e. The fraction of sp³-hybridized carbons (Fsp3) is 0.455. The van der Waals surface area contributed by atoms with Crippen LogP contribution in [0.2, 0.25) is 0 Å². The van der Waals surface area contributed by atoms with Gasteiger partial charge in [-0.25, -0.2) is 0 Å². The summed E-state index contributed by atoms with van der Waals surface area (Å²) in [5.41, 5.74) is 2.52. The van der Waals surface area contributed by atoms with Gasteiger partial charge in [-0.05, 0) is 24.6 Å². The number of anilines is 1. The Labute approximate surface area is 79.1 Å². The Hall–Kier alpha value is -1.02. The molecule has 0 saturated carbocycles. The van der Waals surface area contributed by atoms with Gasteiger partial charge in [0, 0.05) is 19.8 Å². The Bertz CT molecular complexity index is 291. The third kappa shape index (κ3) is 1.68. The predicted octanol–water partition coefficient (Wildman–Crippen LogP) is 2.21. The van der Waals surface area contributed by atoms with Crippen LogP contribution in [0.15, 0.2) is 24.3 Å². The highest BCUT2D eigenvalue weighted by Gasteiger charge is 2.35. The van der Waals surface area contributed by atoms with Crippen molar-refractivity contribution < 1.29 is 4.74 Å². The van der Waals surface area contributed by atoms with Gasteiger partial charge in [0.05, 0.1) is 6.10 Å². The Morgan fingerprint density at radius 1 is 1.15 bits per heavy atom. The molecule has 2 heteroatoms. The van der Waals surface area contributed by atoms with Crippen LogP contribution in [0.3, 0.4) is 0 Å². The first-order chi connectivity index (χ1) is 6.18. The van der Waals surface area contributed by atoms with E-state index in [0.717, 1.165) is 0 Å². The smallest absolute Gasteiger partial charge is 0.109 e. The van der Waals surface area contributed by atoms with Crippen LogP contribution in [-0.2, 0) is 4.74 Å². The Morgan fingerprint density at radius 3 is 2.08 bits per heavy atom. The van der Waals surface area contributed by atoms with Gasteiger partial charge in [-0.15, -0.1) is 0 Å². The molecule has 2 unspecified atom stereocenters. The molecule has 1 fully saturated rings. The number of hydrogen-bond donors (Lipinski definition) is 0. The van der Waals surface area contributed by atoms with Crippen LogP contribution >= 0.6 is 0 Å². The second-order valence-electron chi connectivity index (χ2n) is 3.75. The minimum Gasteiger partial charge on any atom is -0.378 e. The van der Waals surface area contributed by atoms with Gasteiger partial charge in [0.25, 0.3) is 0 Å². The van der Waals surface area contributed by atoms with Crippen molar-refractivity contribution in [3.8, 4) is 0 Å². The highest BCUT2D eigenvalue weighted by Crippen LogP contribution is 2.38. The summed E-state index contributed by atoms with van der Waals surface area (Å²) in [7, 11) is 4.09. The summed E-state index contributed by atoms with van der Waals surface area (Å²) >= 11 is 0. The first kappa shape index (κ1) is 8.57. The lowest BCUT2D eigenvalue weighted by atomic mass is 10.1. The molecule has 1 aromatic rings. The summed E-state index contributed by atoms with van der Waals surface area (Å²) in [5, 5.41) is 0. The lowest BCUT2D eigenvalue weighted by Gasteiger charge is -2.12. The number of ether oxygens (including phenoxy) is 1. The molecule has 1 heterocycles. The van der Waals surface area contributed by atoms with Gasteiger partial charge in [-0.3, -0.25) is 0 Å². The lowest BCUT2D eigenvalue weighted by Crippen LogP contribution is -2.08. The van der Waals surface area contributed by atoms with E-state index in [1.165, 1.54) is 11.3 Å². The summed E-state index contributed by atoms with van der Waals surface area (Å²) in [6.07, 6.45) is 0.751. The molecule has 70 valence electrons. The van der Waals surface area contributed by atoms with Gasteiger partial charge in [-0.2, -0.15) is 0 Å². The minimum absolute atomic E-state index is 0.344. The third-order valence-corrected chi connectivity index (χ3v) is 2.45. The second kappa shape index (κ2) is 3.04. The normalized spacial score (nSPS) is 25.8. The van der Waals surface area contributed by atoms with E-state index in [2.05, 4.69) is 36.1 Å². The first-order valence-corrected chi connectivity index (χ1v) is 4.61. The lowest BCUT2D eigenvalue weighted by molar-refractivity contribution is 0.383. The molecule has 1 saturated heterocycles. The largest absolute Gasteiger partial charge is 0.378 e. The number of benzene rings is 1. The van der Waals surface area contributed by atoms with Crippen molar-refractivity contribution in [3.05, 3.63) is 29.8 Å². The predicted molar refractivity (Wildman–Crippen MR) is 54.1 cm³/mol. The SMILES string of the molecule is CC1OC1c1ccc(N(C)C)cc1. The molecule has 0 bridgehead atoms. The molecule has 0 aromatic heterocycles. The van der Waals surface area contributed by atoms with E-state index in [9.17, 15) is 0 Å². The number of hydrogen-bond acceptors (Lipinski definition) is 2. The van der Waals surface area contributed by atoms with Gasteiger partial charge in [0.1, 0.15) is 6.10 Å². The average molecular weight is 177 g/mol. The number of nitrogens with zero attached hydrogens (tertiary/aromatic N) is 1. The van der Waals surface area contributed by atoms with Gasteiger partial charge < -0.3 is 9.64 Å². The van der Waals surface area contributed by atoms with Crippen LogP contribution in [0.1, 0.15) is 18.6 Å². The second-order valence-corrected chi connectivity index (χ2v) is 3.75. The molecule has 0 radical (unpaired) electrons. The molecular formula is C11H15NO. The quantitative estimate of drug-likeness (QED) is 0.644. The van der Waals surface area contributed by atoms with Crippen molar-refractivity contribution in [3.63, 3.8) is 0 Å². The summed E-state index contributed by atoms with van der Waals surface area (Å²) in [4.78, 5) is 2.10. The molecule has 0 aliphatic carbocycles. The molecule has 13 heavy (non-hydrogen) atoms. The zero-order valence-electron chi connectivity index (χ0n) is 8.32. The van der Waals surface area contributed by atoms with Crippen molar-refractivity contribution in [2.24, 2.45) is 0 Å². The highest BCUT2D eigenvalue weighted by atomic mass is 16.6. The van der Waals surface area contributed by atoms with Crippen molar-refractivity contribution in [1.82, 2.24) is 0 Å². The van der Waals surface area contributed by atoms with E-state index in [4.69, 9.17) is 4.74 Å². The van der Waals surface area contributed by atoms with Gasteiger partial charge in [0.15, 0.2) is 0 Å². The molecule has 0 N–H and O–H groups in total. The van der Waals surface area contributed by atoms with Crippen LogP contribution < -0.4 is 4.90 Å². The zero-order valence-corrected chi connectivity index (χ0v) is 8.32. The Balaban J connectivity index is 2.14. The monoisotopic (exact) mass is 177 g/mol. The van der Waals surface area contributed by atoms with Crippen molar-refractivity contribution in [1.29, 1.82) is 0 Å². The molecule has 2 nitrogen and oxygen atoms in total. The molecule has 1 aliphatic heterocycles. The molecule has 1 aromatic carbocycles. The van der Waals surface area contributed by atoms with Crippen molar-refractivity contribution >= 4 is 5.69 Å². The topological polar surface area (TPSA) is 15.8 Å². The number of rotatable bonds is 2. The maximum absolute atomic E-state index is 5.39. The van der Waals surface area contributed by atoms with Crippen LogP contribution in [0, 0.1) is 0 Å². The van der Waals surface area contributed by atoms with Crippen LogP contribution in [0.4, 0.5) is 5.69 Å². The van der Waals surface area contributed by atoms with E-state index < -0.39 is 0 Å². The van der Waals surface area contributed by atoms with Crippen molar-refractivity contribution in [2.45, 2.75) is 19.1 Å². The average Bonchev–Trinajstić information content (AvgIpc) is 2.83. The molecular weight excluding hydrogens is 162 g/mol. The summed E-state index contributed by atoms with van der Waals surface area (Å²) < 4.78 is 5.39. The van der Waals surface area contributed by atoms with E-state index in [-0.39, 0.29) is 0 Å². The summed E-state index contributed by atoms with van der Waals surface area (Å²) in [6.45, 7) is 2.10.